The van der Waals surface area contributed by atoms with Crippen molar-refractivity contribution >= 4 is 12.0 Å². The van der Waals surface area contributed by atoms with Gasteiger partial charge < -0.3 is 25.2 Å². The largest absolute Gasteiger partial charge is 0.508 e. The van der Waals surface area contributed by atoms with Crippen molar-refractivity contribution in [2.45, 2.75) is 13.0 Å². The number of ether oxygens (including phenoxy) is 2. The van der Waals surface area contributed by atoms with Crippen LogP contribution < -0.4 is 15.4 Å². The van der Waals surface area contributed by atoms with Gasteiger partial charge in [0, 0.05) is 5.70 Å². The summed E-state index contributed by atoms with van der Waals surface area (Å²) in [6.45, 7) is 1.90. The number of aromatic hydroxyl groups is 1. The monoisotopic (exact) mass is 368 g/mol. The van der Waals surface area contributed by atoms with Gasteiger partial charge in [-0.1, -0.05) is 30.3 Å². The number of phenols is 1. The summed E-state index contributed by atoms with van der Waals surface area (Å²) in [5.74, 6) is 0.167. The third-order valence-electron chi connectivity index (χ3n) is 4.02. The minimum absolute atomic E-state index is 0.0434. The zero-order chi connectivity index (χ0) is 19.2. The number of hydrogen-bond acceptors (Lipinski definition) is 5. The Bertz CT molecular complexity index is 864. The lowest BCUT2D eigenvalue weighted by atomic mass is 9.95. The van der Waals surface area contributed by atoms with Gasteiger partial charge in [-0.15, -0.1) is 0 Å². The van der Waals surface area contributed by atoms with Crippen LogP contribution in [-0.4, -0.2) is 30.3 Å². The molecular formula is C20H20N2O5. The normalized spacial score (nSPS) is 16.3. The second-order valence-electron chi connectivity index (χ2n) is 5.96. The smallest absolute Gasteiger partial charge is 0.338 e. The van der Waals surface area contributed by atoms with Crippen LogP contribution in [0.25, 0.3) is 0 Å². The summed E-state index contributed by atoms with van der Waals surface area (Å²) < 4.78 is 10.8. The lowest BCUT2D eigenvalue weighted by molar-refractivity contribution is -0.140. The van der Waals surface area contributed by atoms with Crippen LogP contribution in [0, 0.1) is 0 Å². The van der Waals surface area contributed by atoms with Gasteiger partial charge in [-0.25, -0.2) is 9.59 Å². The van der Waals surface area contributed by atoms with Crippen molar-refractivity contribution < 1.29 is 24.2 Å². The summed E-state index contributed by atoms with van der Waals surface area (Å²) in [6.07, 6.45) is 0. The van der Waals surface area contributed by atoms with Crippen molar-refractivity contribution in [2.24, 2.45) is 0 Å². The molecule has 1 unspecified atom stereocenters. The molecule has 1 atom stereocenters. The molecule has 3 rings (SSSR count). The van der Waals surface area contributed by atoms with E-state index >= 15 is 0 Å². The van der Waals surface area contributed by atoms with Crippen molar-refractivity contribution in [1.82, 2.24) is 10.6 Å². The van der Waals surface area contributed by atoms with Crippen molar-refractivity contribution in [3.05, 3.63) is 71.4 Å². The first-order valence-corrected chi connectivity index (χ1v) is 8.47. The van der Waals surface area contributed by atoms with Crippen molar-refractivity contribution in [2.75, 3.05) is 13.2 Å². The summed E-state index contributed by atoms with van der Waals surface area (Å²) in [5, 5.41) is 15.0. The lowest BCUT2D eigenvalue weighted by Crippen LogP contribution is -2.45. The van der Waals surface area contributed by atoms with E-state index in [1.807, 2.05) is 30.3 Å². The standard InChI is InChI=1S/C20H20N2O5/c1-13-17(19(24)27-11-10-26-16-8-3-2-4-9-16)18(22-20(25)21-13)14-6-5-7-15(23)12-14/h2-9,12,18,23H,10-11H2,1H3,(H2,21,22,25). The van der Waals surface area contributed by atoms with Gasteiger partial charge in [-0.2, -0.15) is 0 Å². The van der Waals surface area contributed by atoms with Gasteiger partial charge in [-0.05, 0) is 36.8 Å². The number of allylic oxidation sites excluding steroid dienone is 1. The number of amides is 2. The highest BCUT2D eigenvalue weighted by molar-refractivity contribution is 5.95. The molecule has 0 aromatic heterocycles. The van der Waals surface area contributed by atoms with E-state index < -0.39 is 18.0 Å². The van der Waals surface area contributed by atoms with Crippen molar-refractivity contribution in [3.8, 4) is 11.5 Å². The fourth-order valence-electron chi connectivity index (χ4n) is 2.81. The average Bonchev–Trinajstić information content (AvgIpc) is 2.65. The second-order valence-corrected chi connectivity index (χ2v) is 5.96. The Balaban J connectivity index is 1.68. The summed E-state index contributed by atoms with van der Waals surface area (Å²) in [6, 6.07) is 14.4. The number of rotatable bonds is 6. The van der Waals surface area contributed by atoms with E-state index in [-0.39, 0.29) is 24.5 Å². The van der Waals surface area contributed by atoms with E-state index in [4.69, 9.17) is 9.47 Å². The Morgan fingerprint density at radius 3 is 2.63 bits per heavy atom. The molecule has 0 spiro atoms. The molecule has 140 valence electrons. The van der Waals surface area contributed by atoms with Crippen LogP contribution in [-0.2, 0) is 9.53 Å². The minimum Gasteiger partial charge on any atom is -0.508 e. The summed E-state index contributed by atoms with van der Waals surface area (Å²) in [7, 11) is 0. The Morgan fingerprint density at radius 2 is 1.89 bits per heavy atom. The van der Waals surface area contributed by atoms with Gasteiger partial charge in [0.15, 0.2) is 0 Å². The van der Waals surface area contributed by atoms with Crippen LogP contribution in [0.2, 0.25) is 0 Å². The minimum atomic E-state index is -0.714. The SMILES string of the molecule is CC1=C(C(=O)OCCOc2ccccc2)C(c2cccc(O)c2)NC(=O)N1. The number of hydrogen-bond donors (Lipinski definition) is 3. The summed E-state index contributed by atoms with van der Waals surface area (Å²) in [4.78, 5) is 24.4. The molecule has 7 nitrogen and oxygen atoms in total. The number of nitrogens with one attached hydrogen (secondary N) is 2. The van der Waals surface area contributed by atoms with E-state index in [1.54, 1.807) is 19.1 Å². The molecule has 0 radical (unpaired) electrons. The predicted octanol–water partition coefficient (Wildman–Crippen LogP) is 2.64. The fraction of sp³-hybridized carbons (Fsp3) is 0.200. The number of phenolic OH excluding ortho intramolecular Hbond substituents is 1. The Kier molecular flexibility index (Phi) is 5.61. The molecule has 0 saturated heterocycles. The predicted molar refractivity (Wildman–Crippen MR) is 98.1 cm³/mol. The maximum Gasteiger partial charge on any atom is 0.338 e. The van der Waals surface area contributed by atoms with Crippen LogP contribution in [0.4, 0.5) is 4.79 Å². The van der Waals surface area contributed by atoms with E-state index in [9.17, 15) is 14.7 Å². The van der Waals surface area contributed by atoms with E-state index in [1.165, 1.54) is 12.1 Å². The highest BCUT2D eigenvalue weighted by Crippen LogP contribution is 2.29. The highest BCUT2D eigenvalue weighted by Gasteiger charge is 2.32. The van der Waals surface area contributed by atoms with Gasteiger partial charge in [-0.3, -0.25) is 0 Å². The zero-order valence-electron chi connectivity index (χ0n) is 14.8. The topological polar surface area (TPSA) is 96.9 Å². The fourth-order valence-corrected chi connectivity index (χ4v) is 2.81. The van der Waals surface area contributed by atoms with E-state index in [0.29, 0.717) is 17.0 Å². The quantitative estimate of drug-likeness (QED) is 0.538. The average molecular weight is 368 g/mol. The van der Waals surface area contributed by atoms with E-state index in [0.717, 1.165) is 0 Å². The van der Waals surface area contributed by atoms with Gasteiger partial charge >= 0.3 is 12.0 Å². The molecule has 3 N–H and O–H groups in total. The zero-order valence-corrected chi connectivity index (χ0v) is 14.8. The molecule has 2 aromatic carbocycles. The van der Waals surface area contributed by atoms with Crippen molar-refractivity contribution in [1.29, 1.82) is 0 Å². The van der Waals surface area contributed by atoms with Gasteiger partial charge in [0.1, 0.15) is 24.7 Å². The number of carbonyl (C=O) groups is 2. The number of urea groups is 1. The number of carbonyl (C=O) groups excluding carboxylic acids is 2. The highest BCUT2D eigenvalue weighted by atomic mass is 16.6. The molecular weight excluding hydrogens is 348 g/mol. The lowest BCUT2D eigenvalue weighted by Gasteiger charge is -2.28. The maximum absolute atomic E-state index is 12.6. The summed E-state index contributed by atoms with van der Waals surface area (Å²) >= 11 is 0. The first kappa shape index (κ1) is 18.3. The number of para-hydroxylation sites is 1. The third-order valence-corrected chi connectivity index (χ3v) is 4.02. The molecule has 27 heavy (non-hydrogen) atoms. The molecule has 0 bridgehead atoms. The Morgan fingerprint density at radius 1 is 1.11 bits per heavy atom. The van der Waals surface area contributed by atoms with E-state index in [2.05, 4.69) is 10.6 Å². The van der Waals surface area contributed by atoms with Crippen LogP contribution in [0.5, 0.6) is 11.5 Å². The first-order chi connectivity index (χ1) is 13.0. The number of esters is 1. The van der Waals surface area contributed by atoms with Gasteiger partial charge in [0.05, 0.1) is 11.6 Å². The van der Waals surface area contributed by atoms with Gasteiger partial charge in [0.25, 0.3) is 0 Å². The molecule has 7 heteroatoms. The van der Waals surface area contributed by atoms with Crippen LogP contribution in [0.1, 0.15) is 18.5 Å². The molecule has 1 aliphatic rings. The second kappa shape index (κ2) is 8.27. The molecule has 0 saturated carbocycles. The molecule has 0 fully saturated rings. The van der Waals surface area contributed by atoms with Gasteiger partial charge in [0.2, 0.25) is 0 Å². The Labute approximate surface area is 156 Å². The maximum atomic E-state index is 12.6. The van der Waals surface area contributed by atoms with Crippen LogP contribution in [0.15, 0.2) is 65.9 Å². The first-order valence-electron chi connectivity index (χ1n) is 8.47. The number of benzene rings is 2. The summed E-state index contributed by atoms with van der Waals surface area (Å²) in [5.41, 5.74) is 1.26. The van der Waals surface area contributed by atoms with Crippen molar-refractivity contribution in [3.63, 3.8) is 0 Å². The molecule has 1 heterocycles. The van der Waals surface area contributed by atoms with Crippen LogP contribution in [0.3, 0.4) is 0 Å². The van der Waals surface area contributed by atoms with Crippen LogP contribution >= 0.6 is 0 Å². The third kappa shape index (κ3) is 4.58. The molecule has 0 aliphatic carbocycles. The molecule has 2 aromatic rings. The Hall–Kier alpha value is -3.48. The molecule has 2 amide bonds. The molecule has 1 aliphatic heterocycles.